The molecule has 3 heterocycles. The SMILES string of the molecule is Cc1cccc(-n2c(SC(C)C(=O)NCc3ccco3)nc3sc(C)c(C)c3c2=O)c1C. The molecule has 0 bridgehead atoms. The number of carbonyl (C=O) groups excluding carboxylic acids is 1. The normalized spacial score (nSPS) is 12.3. The fourth-order valence-electron chi connectivity index (χ4n) is 3.49. The standard InChI is InChI=1S/C24H25N3O3S2/c1-13-8-6-10-19(14(13)2)27-23(29)20-15(3)16(4)31-22(20)26-24(27)32-17(5)21(28)25-12-18-9-7-11-30-18/h6-11,17H,12H2,1-5H3,(H,25,28). The number of hydrogen-bond acceptors (Lipinski definition) is 6. The Labute approximate surface area is 194 Å². The van der Waals surface area contributed by atoms with Gasteiger partial charge in [-0.25, -0.2) is 4.98 Å². The van der Waals surface area contributed by atoms with Gasteiger partial charge in [0.2, 0.25) is 5.91 Å². The van der Waals surface area contributed by atoms with Gasteiger partial charge >= 0.3 is 0 Å². The first kappa shape index (κ1) is 22.4. The number of benzene rings is 1. The molecule has 4 rings (SSSR count). The Morgan fingerprint density at radius 1 is 1.19 bits per heavy atom. The van der Waals surface area contributed by atoms with E-state index in [1.54, 1.807) is 16.9 Å². The van der Waals surface area contributed by atoms with Gasteiger partial charge < -0.3 is 9.73 Å². The van der Waals surface area contributed by atoms with Crippen molar-refractivity contribution in [2.24, 2.45) is 0 Å². The predicted octanol–water partition coefficient (Wildman–Crippen LogP) is 5.07. The van der Waals surface area contributed by atoms with Crippen molar-refractivity contribution >= 4 is 39.2 Å². The minimum Gasteiger partial charge on any atom is -0.467 e. The van der Waals surface area contributed by atoms with Crippen LogP contribution in [0.4, 0.5) is 0 Å². The molecule has 4 aromatic rings. The number of nitrogens with one attached hydrogen (secondary N) is 1. The van der Waals surface area contributed by atoms with Crippen LogP contribution in [0.15, 0.2) is 51.0 Å². The molecular formula is C24H25N3O3S2. The molecule has 0 spiro atoms. The minimum atomic E-state index is -0.451. The van der Waals surface area contributed by atoms with Gasteiger partial charge in [-0.05, 0) is 69.5 Å². The molecule has 1 amide bonds. The summed E-state index contributed by atoms with van der Waals surface area (Å²) >= 11 is 2.80. The average Bonchev–Trinajstić information content (AvgIpc) is 3.37. The van der Waals surface area contributed by atoms with Crippen LogP contribution >= 0.6 is 23.1 Å². The summed E-state index contributed by atoms with van der Waals surface area (Å²) in [5, 5.41) is 3.59. The zero-order chi connectivity index (χ0) is 23.0. The molecule has 0 aliphatic rings. The van der Waals surface area contributed by atoms with Gasteiger partial charge in [-0.3, -0.25) is 14.2 Å². The van der Waals surface area contributed by atoms with Crippen molar-refractivity contribution in [3.05, 3.63) is 74.3 Å². The van der Waals surface area contributed by atoms with Gasteiger partial charge in [0.05, 0.1) is 29.1 Å². The predicted molar refractivity (Wildman–Crippen MR) is 130 cm³/mol. The first-order valence-electron chi connectivity index (χ1n) is 10.3. The average molecular weight is 468 g/mol. The topological polar surface area (TPSA) is 77.1 Å². The molecular weight excluding hydrogens is 442 g/mol. The van der Waals surface area contributed by atoms with Crippen molar-refractivity contribution in [3.63, 3.8) is 0 Å². The largest absolute Gasteiger partial charge is 0.467 e. The van der Waals surface area contributed by atoms with Crippen LogP contribution in [0.5, 0.6) is 0 Å². The number of rotatable bonds is 6. The fourth-order valence-corrected chi connectivity index (χ4v) is 5.50. The summed E-state index contributed by atoms with van der Waals surface area (Å²) in [6, 6.07) is 9.48. The van der Waals surface area contributed by atoms with Gasteiger partial charge in [-0.1, -0.05) is 23.9 Å². The summed E-state index contributed by atoms with van der Waals surface area (Å²) in [6.07, 6.45) is 1.58. The van der Waals surface area contributed by atoms with Gasteiger partial charge in [-0.2, -0.15) is 0 Å². The molecule has 0 aliphatic carbocycles. The quantitative estimate of drug-likeness (QED) is 0.316. The van der Waals surface area contributed by atoms with Gasteiger partial charge in [0.25, 0.3) is 5.56 Å². The van der Waals surface area contributed by atoms with Crippen molar-refractivity contribution in [1.29, 1.82) is 0 Å². The number of aromatic nitrogens is 2. The van der Waals surface area contributed by atoms with Crippen LogP contribution in [0.25, 0.3) is 15.9 Å². The van der Waals surface area contributed by atoms with E-state index in [1.807, 2.05) is 58.9 Å². The molecule has 1 atom stereocenters. The molecule has 0 radical (unpaired) electrons. The van der Waals surface area contributed by atoms with E-state index in [1.165, 1.54) is 23.1 Å². The Morgan fingerprint density at radius 2 is 1.97 bits per heavy atom. The number of nitrogens with zero attached hydrogens (tertiary/aromatic N) is 2. The summed E-state index contributed by atoms with van der Waals surface area (Å²) in [5.41, 5.74) is 3.75. The van der Waals surface area contributed by atoms with Crippen molar-refractivity contribution in [3.8, 4) is 5.69 Å². The zero-order valence-electron chi connectivity index (χ0n) is 18.7. The van der Waals surface area contributed by atoms with Crippen LogP contribution in [-0.4, -0.2) is 20.7 Å². The summed E-state index contributed by atoms with van der Waals surface area (Å²) in [6.45, 7) is 10.1. The van der Waals surface area contributed by atoms with Crippen molar-refractivity contribution in [1.82, 2.24) is 14.9 Å². The number of carbonyl (C=O) groups is 1. The Morgan fingerprint density at radius 3 is 2.69 bits per heavy atom. The molecule has 3 aromatic heterocycles. The first-order valence-corrected chi connectivity index (χ1v) is 12.0. The van der Waals surface area contributed by atoms with E-state index in [-0.39, 0.29) is 11.5 Å². The van der Waals surface area contributed by atoms with E-state index in [4.69, 9.17) is 9.40 Å². The molecule has 0 saturated carbocycles. The second kappa shape index (κ2) is 8.96. The number of hydrogen-bond donors (Lipinski definition) is 1. The fraction of sp³-hybridized carbons (Fsp3) is 0.292. The van der Waals surface area contributed by atoms with Crippen molar-refractivity contribution in [2.75, 3.05) is 0 Å². The highest BCUT2D eigenvalue weighted by Crippen LogP contribution is 2.32. The Hall–Kier alpha value is -2.84. The highest BCUT2D eigenvalue weighted by atomic mass is 32.2. The second-order valence-electron chi connectivity index (χ2n) is 7.77. The first-order chi connectivity index (χ1) is 15.3. The summed E-state index contributed by atoms with van der Waals surface area (Å²) in [7, 11) is 0. The maximum Gasteiger partial charge on any atom is 0.267 e. The van der Waals surface area contributed by atoms with Gasteiger partial charge in [0.1, 0.15) is 10.6 Å². The molecule has 1 aromatic carbocycles. The third-order valence-electron chi connectivity index (χ3n) is 5.66. The smallest absolute Gasteiger partial charge is 0.267 e. The van der Waals surface area contributed by atoms with Crippen LogP contribution in [-0.2, 0) is 11.3 Å². The molecule has 0 aliphatic heterocycles. The third-order valence-corrected chi connectivity index (χ3v) is 7.81. The molecule has 1 unspecified atom stereocenters. The zero-order valence-corrected chi connectivity index (χ0v) is 20.3. The number of thiophene rings is 1. The molecule has 1 N–H and O–H groups in total. The third kappa shape index (κ3) is 4.12. The van der Waals surface area contributed by atoms with Crippen LogP contribution in [0.2, 0.25) is 0 Å². The van der Waals surface area contributed by atoms with Gasteiger partial charge in [0, 0.05) is 4.88 Å². The van der Waals surface area contributed by atoms with Crippen molar-refractivity contribution < 1.29 is 9.21 Å². The lowest BCUT2D eigenvalue weighted by Gasteiger charge is -2.18. The lowest BCUT2D eigenvalue weighted by Crippen LogP contribution is -2.31. The number of amides is 1. The second-order valence-corrected chi connectivity index (χ2v) is 10.3. The molecule has 8 heteroatoms. The monoisotopic (exact) mass is 467 g/mol. The molecule has 0 saturated heterocycles. The van der Waals surface area contributed by atoms with E-state index in [2.05, 4.69) is 5.32 Å². The van der Waals surface area contributed by atoms with E-state index in [0.29, 0.717) is 27.7 Å². The van der Waals surface area contributed by atoms with Gasteiger partial charge in [-0.15, -0.1) is 11.3 Å². The van der Waals surface area contributed by atoms with E-state index in [0.717, 1.165) is 27.3 Å². The lowest BCUT2D eigenvalue weighted by atomic mass is 10.1. The lowest BCUT2D eigenvalue weighted by molar-refractivity contribution is -0.120. The highest BCUT2D eigenvalue weighted by molar-refractivity contribution is 8.00. The highest BCUT2D eigenvalue weighted by Gasteiger charge is 2.23. The molecule has 32 heavy (non-hydrogen) atoms. The van der Waals surface area contributed by atoms with Crippen LogP contribution in [0.3, 0.4) is 0 Å². The maximum absolute atomic E-state index is 13.7. The van der Waals surface area contributed by atoms with E-state index < -0.39 is 5.25 Å². The summed E-state index contributed by atoms with van der Waals surface area (Å²) in [5.74, 6) is 0.540. The van der Waals surface area contributed by atoms with Crippen molar-refractivity contribution in [2.45, 2.75) is 51.6 Å². The van der Waals surface area contributed by atoms with Gasteiger partial charge in [0.15, 0.2) is 5.16 Å². The Kier molecular flexibility index (Phi) is 6.26. The Bertz CT molecular complexity index is 1350. The van der Waals surface area contributed by atoms with Crippen LogP contribution in [0, 0.1) is 27.7 Å². The van der Waals surface area contributed by atoms with E-state index >= 15 is 0 Å². The maximum atomic E-state index is 13.7. The molecule has 0 fully saturated rings. The molecule has 6 nitrogen and oxygen atoms in total. The summed E-state index contributed by atoms with van der Waals surface area (Å²) < 4.78 is 6.94. The number of fused-ring (bicyclic) bond motifs is 1. The van der Waals surface area contributed by atoms with Crippen LogP contribution < -0.4 is 10.9 Å². The molecule has 166 valence electrons. The van der Waals surface area contributed by atoms with E-state index in [9.17, 15) is 9.59 Å². The number of thioether (sulfide) groups is 1. The van der Waals surface area contributed by atoms with Crippen LogP contribution in [0.1, 0.15) is 34.3 Å². The summed E-state index contributed by atoms with van der Waals surface area (Å²) in [4.78, 5) is 33.0. The Balaban J connectivity index is 1.76. The number of aryl methyl sites for hydroxylation is 3. The minimum absolute atomic E-state index is 0.101. The number of furan rings is 1.